The van der Waals surface area contributed by atoms with E-state index in [1.807, 2.05) is 6.92 Å². The number of hydrogen-bond acceptors (Lipinski definition) is 5. The maximum Gasteiger partial charge on any atom is 0.255 e. The number of hydrogen-bond donors (Lipinski definition) is 1. The number of benzene rings is 1. The van der Waals surface area contributed by atoms with Gasteiger partial charge in [0.15, 0.2) is 11.5 Å². The first-order valence-corrected chi connectivity index (χ1v) is 8.82. The van der Waals surface area contributed by atoms with E-state index in [1.165, 1.54) is 27.1 Å². The molecule has 1 aliphatic rings. The molecule has 2 rings (SSSR count). The lowest BCUT2D eigenvalue weighted by atomic mass is 10.00. The van der Waals surface area contributed by atoms with Gasteiger partial charge in [0.2, 0.25) is 5.75 Å². The van der Waals surface area contributed by atoms with E-state index in [4.69, 9.17) is 14.2 Å². The molecule has 25 heavy (non-hydrogen) atoms. The van der Waals surface area contributed by atoms with Crippen LogP contribution in [-0.2, 0) is 0 Å². The third-order valence-electron chi connectivity index (χ3n) is 4.60. The summed E-state index contributed by atoms with van der Waals surface area (Å²) < 4.78 is 16.0. The number of nitrogens with zero attached hydrogens (tertiary/aromatic N) is 1. The molecule has 1 aromatic rings. The number of amides is 1. The van der Waals surface area contributed by atoms with Crippen LogP contribution in [0.5, 0.6) is 17.2 Å². The largest absolute Gasteiger partial charge is 0.493 e. The Morgan fingerprint density at radius 3 is 2.56 bits per heavy atom. The highest BCUT2D eigenvalue weighted by Crippen LogP contribution is 2.39. The molecule has 140 valence electrons. The first kappa shape index (κ1) is 19.4. The second-order valence-corrected chi connectivity index (χ2v) is 6.76. The van der Waals surface area contributed by atoms with Crippen LogP contribution in [0.3, 0.4) is 0 Å². The summed E-state index contributed by atoms with van der Waals surface area (Å²) in [5, 5.41) is 3.06. The molecule has 0 spiro atoms. The fraction of sp³-hybridized carbons (Fsp3) is 0.632. The average molecular weight is 350 g/mol. The van der Waals surface area contributed by atoms with E-state index in [2.05, 4.69) is 17.1 Å². The highest BCUT2D eigenvalue weighted by atomic mass is 16.5. The van der Waals surface area contributed by atoms with E-state index in [0.717, 1.165) is 25.6 Å². The van der Waals surface area contributed by atoms with Crippen molar-refractivity contribution in [2.45, 2.75) is 32.7 Å². The van der Waals surface area contributed by atoms with Crippen LogP contribution in [-0.4, -0.2) is 57.8 Å². The van der Waals surface area contributed by atoms with Crippen LogP contribution < -0.4 is 19.5 Å². The Kier molecular flexibility index (Phi) is 6.93. The molecule has 6 nitrogen and oxygen atoms in total. The summed E-state index contributed by atoms with van der Waals surface area (Å²) in [5.41, 5.74) is 0.444. The molecule has 6 heteroatoms. The van der Waals surface area contributed by atoms with E-state index in [-0.39, 0.29) is 11.9 Å². The van der Waals surface area contributed by atoms with Gasteiger partial charge in [-0.3, -0.25) is 4.79 Å². The van der Waals surface area contributed by atoms with Crippen molar-refractivity contribution in [3.63, 3.8) is 0 Å². The standard InChI is InChI=1S/C19H30N2O4/c1-13-7-6-10-21(11-13)12-14(2)20-19(22)15-8-9-16(23-3)18(25-5)17(15)24-4/h8-9,13-14H,6-7,10-12H2,1-5H3,(H,20,22). The Labute approximate surface area is 150 Å². The molecule has 2 unspecified atom stereocenters. The zero-order valence-electron chi connectivity index (χ0n) is 15.9. The summed E-state index contributed by atoms with van der Waals surface area (Å²) >= 11 is 0. The Morgan fingerprint density at radius 1 is 1.24 bits per heavy atom. The number of carbonyl (C=O) groups is 1. The summed E-state index contributed by atoms with van der Waals surface area (Å²) in [5.74, 6) is 1.90. The molecular formula is C19H30N2O4. The van der Waals surface area contributed by atoms with Gasteiger partial charge >= 0.3 is 0 Å². The number of nitrogens with one attached hydrogen (secondary N) is 1. The van der Waals surface area contributed by atoms with E-state index < -0.39 is 0 Å². The molecule has 1 heterocycles. The van der Waals surface area contributed by atoms with Crippen molar-refractivity contribution in [1.82, 2.24) is 10.2 Å². The third-order valence-corrected chi connectivity index (χ3v) is 4.60. The average Bonchev–Trinajstić information content (AvgIpc) is 2.59. The van der Waals surface area contributed by atoms with Crippen LogP contribution in [0.25, 0.3) is 0 Å². The highest BCUT2D eigenvalue weighted by Gasteiger charge is 2.23. The molecule has 0 saturated carbocycles. The Morgan fingerprint density at radius 2 is 1.96 bits per heavy atom. The van der Waals surface area contributed by atoms with Gasteiger partial charge in [0.1, 0.15) is 0 Å². The zero-order chi connectivity index (χ0) is 18.4. The molecule has 0 aromatic heterocycles. The van der Waals surface area contributed by atoms with Crippen molar-refractivity contribution in [2.75, 3.05) is 41.0 Å². The number of carbonyl (C=O) groups excluding carboxylic acids is 1. The van der Waals surface area contributed by atoms with Crippen LogP contribution in [0.1, 0.15) is 37.0 Å². The van der Waals surface area contributed by atoms with Crippen molar-refractivity contribution in [2.24, 2.45) is 5.92 Å². The summed E-state index contributed by atoms with van der Waals surface area (Å²) in [7, 11) is 4.60. The summed E-state index contributed by atoms with van der Waals surface area (Å²) in [6, 6.07) is 3.47. The molecule has 1 amide bonds. The molecule has 0 radical (unpaired) electrons. The van der Waals surface area contributed by atoms with Crippen LogP contribution in [0.4, 0.5) is 0 Å². The van der Waals surface area contributed by atoms with Crippen LogP contribution >= 0.6 is 0 Å². The van der Waals surface area contributed by atoms with Gasteiger partial charge in [-0.25, -0.2) is 0 Å². The molecular weight excluding hydrogens is 320 g/mol. The molecule has 1 N–H and O–H groups in total. The SMILES string of the molecule is COc1ccc(C(=O)NC(C)CN2CCCC(C)C2)c(OC)c1OC. The van der Waals surface area contributed by atoms with Crippen LogP contribution in [0, 0.1) is 5.92 Å². The minimum absolute atomic E-state index is 0.0515. The summed E-state index contributed by atoms with van der Waals surface area (Å²) in [4.78, 5) is 15.1. The van der Waals surface area contributed by atoms with Gasteiger partial charge in [0.25, 0.3) is 5.91 Å². The maximum atomic E-state index is 12.7. The second kappa shape index (κ2) is 8.94. The van der Waals surface area contributed by atoms with Crippen LogP contribution in [0.2, 0.25) is 0 Å². The van der Waals surface area contributed by atoms with Gasteiger partial charge in [-0.15, -0.1) is 0 Å². The van der Waals surface area contributed by atoms with Crippen LogP contribution in [0.15, 0.2) is 12.1 Å². The lowest BCUT2D eigenvalue weighted by Gasteiger charge is -2.32. The first-order chi connectivity index (χ1) is 12.0. The molecule has 0 aliphatic carbocycles. The van der Waals surface area contributed by atoms with Gasteiger partial charge < -0.3 is 24.4 Å². The van der Waals surface area contributed by atoms with Gasteiger partial charge in [-0.2, -0.15) is 0 Å². The quantitative estimate of drug-likeness (QED) is 0.819. The lowest BCUT2D eigenvalue weighted by molar-refractivity contribution is 0.0916. The minimum Gasteiger partial charge on any atom is -0.493 e. The first-order valence-electron chi connectivity index (χ1n) is 8.82. The molecule has 1 aromatic carbocycles. The normalized spacial score (nSPS) is 19.2. The lowest BCUT2D eigenvalue weighted by Crippen LogP contribution is -2.45. The predicted molar refractivity (Wildman–Crippen MR) is 97.9 cm³/mol. The van der Waals surface area contributed by atoms with Gasteiger partial charge in [0.05, 0.1) is 26.9 Å². The minimum atomic E-state index is -0.171. The van der Waals surface area contributed by atoms with Gasteiger partial charge in [0, 0.05) is 19.1 Å². The van der Waals surface area contributed by atoms with Crippen molar-refractivity contribution in [3.8, 4) is 17.2 Å². The topological polar surface area (TPSA) is 60.0 Å². The molecule has 1 aliphatic heterocycles. The number of rotatable bonds is 7. The second-order valence-electron chi connectivity index (χ2n) is 6.76. The number of ether oxygens (including phenoxy) is 3. The monoisotopic (exact) mass is 350 g/mol. The van der Waals surface area contributed by atoms with Crippen molar-refractivity contribution < 1.29 is 19.0 Å². The third kappa shape index (κ3) is 4.78. The van der Waals surface area contributed by atoms with E-state index in [9.17, 15) is 4.79 Å². The highest BCUT2D eigenvalue weighted by molar-refractivity contribution is 5.98. The van der Waals surface area contributed by atoms with Gasteiger partial charge in [-0.1, -0.05) is 6.92 Å². The number of methoxy groups -OCH3 is 3. The van der Waals surface area contributed by atoms with E-state index in [1.54, 1.807) is 19.2 Å². The Balaban J connectivity index is 2.07. The number of piperidine rings is 1. The van der Waals surface area contributed by atoms with E-state index in [0.29, 0.717) is 22.8 Å². The van der Waals surface area contributed by atoms with Crippen molar-refractivity contribution in [1.29, 1.82) is 0 Å². The van der Waals surface area contributed by atoms with Crippen molar-refractivity contribution >= 4 is 5.91 Å². The molecule has 0 bridgehead atoms. The zero-order valence-corrected chi connectivity index (χ0v) is 15.9. The van der Waals surface area contributed by atoms with Crippen molar-refractivity contribution in [3.05, 3.63) is 17.7 Å². The fourth-order valence-corrected chi connectivity index (χ4v) is 3.47. The molecule has 1 saturated heterocycles. The molecule has 2 atom stereocenters. The summed E-state index contributed by atoms with van der Waals surface area (Å²) in [6.07, 6.45) is 2.52. The number of likely N-dealkylation sites (tertiary alicyclic amines) is 1. The van der Waals surface area contributed by atoms with Gasteiger partial charge in [-0.05, 0) is 44.4 Å². The Bertz CT molecular complexity index is 591. The van der Waals surface area contributed by atoms with E-state index >= 15 is 0 Å². The maximum absolute atomic E-state index is 12.7. The smallest absolute Gasteiger partial charge is 0.255 e. The fourth-order valence-electron chi connectivity index (χ4n) is 3.47. The summed E-state index contributed by atoms with van der Waals surface area (Å²) in [6.45, 7) is 7.37. The Hall–Kier alpha value is -1.95. The molecule has 1 fully saturated rings. The predicted octanol–water partition coefficient (Wildman–Crippen LogP) is 2.56.